The molecule has 0 aliphatic rings. The summed E-state index contributed by atoms with van der Waals surface area (Å²) < 4.78 is 5.91. The van der Waals surface area contributed by atoms with E-state index in [-0.39, 0.29) is 5.91 Å². The number of methoxy groups -OCH3 is 1. The van der Waals surface area contributed by atoms with Gasteiger partial charge in [-0.25, -0.2) is 0 Å². The molecule has 1 N–H and O–H groups in total. The molecule has 1 amide bonds. The van der Waals surface area contributed by atoms with Gasteiger partial charge in [-0.3, -0.25) is 10.1 Å². The number of amides is 1. The van der Waals surface area contributed by atoms with Gasteiger partial charge in [0.1, 0.15) is 5.75 Å². The lowest BCUT2D eigenvalue weighted by atomic mass is 10.2. The van der Waals surface area contributed by atoms with E-state index in [1.165, 1.54) is 0 Å². The molecule has 132 valence electrons. The van der Waals surface area contributed by atoms with Crippen LogP contribution in [0.2, 0.25) is 0 Å². The molecule has 4 nitrogen and oxygen atoms in total. The van der Waals surface area contributed by atoms with Crippen molar-refractivity contribution in [2.45, 2.75) is 19.9 Å². The second kappa shape index (κ2) is 9.53. The van der Waals surface area contributed by atoms with Gasteiger partial charge < -0.3 is 9.64 Å². The standard InChI is InChI=1S/C19H21BrN2O2S/c1-3-11-22(13-14-7-5-4-6-8-14)19(25)21-18(23)15-9-10-17(24-2)16(20)12-15/h4-10,12H,3,11,13H2,1-2H3,(H,21,23,25). The number of ether oxygens (including phenoxy) is 1. The van der Waals surface area contributed by atoms with Gasteiger partial charge in [-0.15, -0.1) is 0 Å². The number of nitrogens with zero attached hydrogens (tertiary/aromatic N) is 1. The van der Waals surface area contributed by atoms with E-state index in [4.69, 9.17) is 17.0 Å². The van der Waals surface area contributed by atoms with E-state index in [1.54, 1.807) is 25.3 Å². The third-order valence-corrected chi connectivity index (χ3v) is 4.61. The molecule has 0 atom stereocenters. The molecule has 0 saturated carbocycles. The maximum atomic E-state index is 12.5. The van der Waals surface area contributed by atoms with Gasteiger partial charge in [0, 0.05) is 18.7 Å². The van der Waals surface area contributed by atoms with Crippen LogP contribution in [0.3, 0.4) is 0 Å². The molecule has 0 aliphatic heterocycles. The normalized spacial score (nSPS) is 10.2. The number of carbonyl (C=O) groups is 1. The van der Waals surface area contributed by atoms with Gasteiger partial charge in [0.25, 0.3) is 5.91 Å². The Labute approximate surface area is 162 Å². The number of thiocarbonyl (C=S) groups is 1. The van der Waals surface area contributed by atoms with Crippen LogP contribution >= 0.6 is 28.1 Å². The van der Waals surface area contributed by atoms with Gasteiger partial charge in [0.05, 0.1) is 11.6 Å². The van der Waals surface area contributed by atoms with Crippen LogP contribution in [0.5, 0.6) is 5.75 Å². The fraction of sp³-hybridized carbons (Fsp3) is 0.263. The Morgan fingerprint density at radius 2 is 1.96 bits per heavy atom. The zero-order valence-electron chi connectivity index (χ0n) is 14.3. The van der Waals surface area contributed by atoms with Crippen LogP contribution in [0.25, 0.3) is 0 Å². The van der Waals surface area contributed by atoms with Crippen LogP contribution in [0, 0.1) is 0 Å². The van der Waals surface area contributed by atoms with Crippen molar-refractivity contribution < 1.29 is 9.53 Å². The van der Waals surface area contributed by atoms with E-state index in [0.29, 0.717) is 23.0 Å². The molecule has 2 aromatic carbocycles. The first-order valence-electron chi connectivity index (χ1n) is 8.03. The predicted octanol–water partition coefficient (Wildman–Crippen LogP) is 4.38. The van der Waals surface area contributed by atoms with E-state index in [1.807, 2.05) is 35.2 Å². The predicted molar refractivity (Wildman–Crippen MR) is 108 cm³/mol. The van der Waals surface area contributed by atoms with Crippen molar-refractivity contribution >= 4 is 39.2 Å². The second-order valence-electron chi connectivity index (χ2n) is 5.52. The van der Waals surface area contributed by atoms with Gasteiger partial charge in [-0.1, -0.05) is 37.3 Å². The lowest BCUT2D eigenvalue weighted by molar-refractivity contribution is 0.0973. The first kappa shape index (κ1) is 19.4. The summed E-state index contributed by atoms with van der Waals surface area (Å²) in [5.74, 6) is 0.443. The maximum absolute atomic E-state index is 12.5. The molecular formula is C19H21BrN2O2S. The summed E-state index contributed by atoms with van der Waals surface area (Å²) in [5, 5.41) is 3.26. The first-order valence-corrected chi connectivity index (χ1v) is 9.23. The van der Waals surface area contributed by atoms with Crippen molar-refractivity contribution in [1.82, 2.24) is 10.2 Å². The Morgan fingerprint density at radius 1 is 1.24 bits per heavy atom. The third-order valence-electron chi connectivity index (χ3n) is 3.63. The van der Waals surface area contributed by atoms with E-state index in [9.17, 15) is 4.79 Å². The first-order chi connectivity index (χ1) is 12.0. The minimum absolute atomic E-state index is 0.234. The molecule has 0 saturated heterocycles. The van der Waals surface area contributed by atoms with Gasteiger partial charge in [-0.05, 0) is 58.3 Å². The van der Waals surface area contributed by atoms with Crippen LogP contribution in [0.1, 0.15) is 29.3 Å². The highest BCUT2D eigenvalue weighted by molar-refractivity contribution is 9.10. The molecule has 0 spiro atoms. The molecule has 0 radical (unpaired) electrons. The lowest BCUT2D eigenvalue weighted by Gasteiger charge is -2.25. The summed E-state index contributed by atoms with van der Waals surface area (Å²) >= 11 is 8.85. The molecule has 2 aromatic rings. The second-order valence-corrected chi connectivity index (χ2v) is 6.76. The van der Waals surface area contributed by atoms with Gasteiger partial charge >= 0.3 is 0 Å². The summed E-state index contributed by atoms with van der Waals surface area (Å²) in [7, 11) is 1.58. The highest BCUT2D eigenvalue weighted by Crippen LogP contribution is 2.25. The molecule has 0 aliphatic carbocycles. The van der Waals surface area contributed by atoms with Crippen LogP contribution in [-0.4, -0.2) is 29.6 Å². The van der Waals surface area contributed by atoms with Crippen LogP contribution in [0.4, 0.5) is 0 Å². The number of hydrogen-bond acceptors (Lipinski definition) is 3. The Balaban J connectivity index is 2.06. The highest BCUT2D eigenvalue weighted by Gasteiger charge is 2.15. The number of benzene rings is 2. The van der Waals surface area contributed by atoms with Crippen LogP contribution in [-0.2, 0) is 6.54 Å². The average Bonchev–Trinajstić information content (AvgIpc) is 2.62. The molecule has 0 fully saturated rings. The summed E-state index contributed by atoms with van der Waals surface area (Å²) in [4.78, 5) is 14.5. The quantitative estimate of drug-likeness (QED) is 0.703. The number of nitrogens with one attached hydrogen (secondary N) is 1. The average molecular weight is 421 g/mol. The molecule has 25 heavy (non-hydrogen) atoms. The van der Waals surface area contributed by atoms with Crippen molar-refractivity contribution in [3.63, 3.8) is 0 Å². The molecule has 0 heterocycles. The molecule has 2 rings (SSSR count). The van der Waals surface area contributed by atoms with E-state index >= 15 is 0 Å². The molecule has 0 unspecified atom stereocenters. The summed E-state index contributed by atoms with van der Waals surface area (Å²) in [6.07, 6.45) is 0.941. The van der Waals surface area contributed by atoms with Crippen molar-refractivity contribution in [2.75, 3.05) is 13.7 Å². The van der Waals surface area contributed by atoms with Gasteiger partial charge in [0.15, 0.2) is 5.11 Å². The van der Waals surface area contributed by atoms with Gasteiger partial charge in [0.2, 0.25) is 0 Å². The maximum Gasteiger partial charge on any atom is 0.257 e. The fourth-order valence-electron chi connectivity index (χ4n) is 2.38. The zero-order chi connectivity index (χ0) is 18.2. The smallest absolute Gasteiger partial charge is 0.257 e. The van der Waals surface area contributed by atoms with Crippen LogP contribution in [0.15, 0.2) is 53.0 Å². The van der Waals surface area contributed by atoms with E-state index in [0.717, 1.165) is 23.0 Å². The topological polar surface area (TPSA) is 41.6 Å². The summed E-state index contributed by atoms with van der Waals surface area (Å²) in [6, 6.07) is 15.2. The fourth-order valence-corrected chi connectivity index (χ4v) is 3.17. The molecular weight excluding hydrogens is 400 g/mol. The SMILES string of the molecule is CCCN(Cc1ccccc1)C(=S)NC(=O)c1ccc(OC)c(Br)c1. The van der Waals surface area contributed by atoms with Crippen LogP contribution < -0.4 is 10.1 Å². The highest BCUT2D eigenvalue weighted by atomic mass is 79.9. The molecule has 0 bridgehead atoms. The minimum atomic E-state index is -0.234. The number of hydrogen-bond donors (Lipinski definition) is 1. The lowest BCUT2D eigenvalue weighted by Crippen LogP contribution is -2.42. The number of carbonyl (C=O) groups excluding carboxylic acids is 1. The molecule has 6 heteroatoms. The van der Waals surface area contributed by atoms with E-state index < -0.39 is 0 Å². The third kappa shape index (κ3) is 5.54. The Morgan fingerprint density at radius 3 is 2.56 bits per heavy atom. The van der Waals surface area contributed by atoms with Gasteiger partial charge in [-0.2, -0.15) is 0 Å². The Bertz CT molecular complexity index is 737. The van der Waals surface area contributed by atoms with Crippen molar-refractivity contribution in [3.8, 4) is 5.75 Å². The minimum Gasteiger partial charge on any atom is -0.496 e. The number of rotatable bonds is 6. The monoisotopic (exact) mass is 420 g/mol. The Hall–Kier alpha value is -1.92. The van der Waals surface area contributed by atoms with Crippen molar-refractivity contribution in [3.05, 3.63) is 64.1 Å². The largest absolute Gasteiger partial charge is 0.496 e. The van der Waals surface area contributed by atoms with Crippen molar-refractivity contribution in [1.29, 1.82) is 0 Å². The molecule has 0 aromatic heterocycles. The zero-order valence-corrected chi connectivity index (χ0v) is 16.7. The summed E-state index contributed by atoms with van der Waals surface area (Å²) in [5.41, 5.74) is 1.67. The number of halogens is 1. The van der Waals surface area contributed by atoms with E-state index in [2.05, 4.69) is 28.2 Å². The Kier molecular flexibility index (Phi) is 7.40. The van der Waals surface area contributed by atoms with Crippen molar-refractivity contribution in [2.24, 2.45) is 0 Å². The summed E-state index contributed by atoms with van der Waals surface area (Å²) in [6.45, 7) is 3.53.